The van der Waals surface area contributed by atoms with Crippen LogP contribution in [0.2, 0.25) is 0 Å². The molecule has 0 aromatic heterocycles. The van der Waals surface area contributed by atoms with Gasteiger partial charge in [-0.3, -0.25) is 4.79 Å². The van der Waals surface area contributed by atoms with Gasteiger partial charge in [0.05, 0.1) is 0 Å². The molecule has 3 unspecified atom stereocenters. The zero-order valence-corrected chi connectivity index (χ0v) is 11.9. The predicted molar refractivity (Wildman–Crippen MR) is 72.1 cm³/mol. The van der Waals surface area contributed by atoms with Crippen LogP contribution in [0.4, 0.5) is 0 Å². The molecule has 17 heavy (non-hydrogen) atoms. The molecule has 3 N–H and O–H groups in total. The second-order valence-corrected chi connectivity index (χ2v) is 6.27. The molecule has 2 bridgehead atoms. The monoisotopic (exact) mass is 260 g/mol. The molecular weight excluding hydrogens is 236 g/mol. The number of fused-ring (bicyclic) bond motifs is 2. The maximum absolute atomic E-state index is 11.6. The van der Waals surface area contributed by atoms with Crippen LogP contribution >= 0.6 is 12.4 Å². The molecule has 0 aromatic rings. The van der Waals surface area contributed by atoms with Gasteiger partial charge in [0.25, 0.3) is 0 Å². The largest absolute Gasteiger partial charge is 0.353 e. The van der Waals surface area contributed by atoms with Gasteiger partial charge < -0.3 is 11.1 Å². The molecule has 2 fully saturated rings. The first-order valence-electron chi connectivity index (χ1n) is 6.41. The van der Waals surface area contributed by atoms with Gasteiger partial charge in [-0.15, -0.1) is 12.4 Å². The Morgan fingerprint density at radius 1 is 1.41 bits per heavy atom. The summed E-state index contributed by atoms with van der Waals surface area (Å²) in [5.41, 5.74) is 6.05. The third kappa shape index (κ3) is 2.08. The fourth-order valence-corrected chi connectivity index (χ4v) is 3.82. The number of halogens is 1. The van der Waals surface area contributed by atoms with Gasteiger partial charge in [0, 0.05) is 19.0 Å². The van der Waals surface area contributed by atoms with E-state index >= 15 is 0 Å². The van der Waals surface area contributed by atoms with E-state index in [2.05, 4.69) is 26.1 Å². The van der Waals surface area contributed by atoms with Crippen molar-refractivity contribution in [3.63, 3.8) is 0 Å². The summed E-state index contributed by atoms with van der Waals surface area (Å²) in [6.45, 7) is 7.51. The van der Waals surface area contributed by atoms with Crippen LogP contribution in [-0.4, -0.2) is 18.5 Å². The third-order valence-electron chi connectivity index (χ3n) is 5.50. The molecule has 3 nitrogen and oxygen atoms in total. The SMILES string of the molecule is CC1(C)C2CCC1(C)C(NC(=O)CCN)C2.Cl. The molecule has 0 aliphatic heterocycles. The summed E-state index contributed by atoms with van der Waals surface area (Å²) < 4.78 is 0. The summed E-state index contributed by atoms with van der Waals surface area (Å²) in [5, 5.41) is 3.19. The summed E-state index contributed by atoms with van der Waals surface area (Å²) in [5.74, 6) is 0.901. The smallest absolute Gasteiger partial charge is 0.221 e. The maximum Gasteiger partial charge on any atom is 0.221 e. The van der Waals surface area contributed by atoms with Gasteiger partial charge in [-0.05, 0) is 36.0 Å². The zero-order valence-electron chi connectivity index (χ0n) is 11.1. The van der Waals surface area contributed by atoms with Crippen molar-refractivity contribution in [3.05, 3.63) is 0 Å². The fourth-order valence-electron chi connectivity index (χ4n) is 3.82. The Morgan fingerprint density at radius 2 is 2.06 bits per heavy atom. The molecule has 3 atom stereocenters. The molecule has 2 rings (SSSR count). The van der Waals surface area contributed by atoms with Crippen molar-refractivity contribution < 1.29 is 4.79 Å². The Kier molecular flexibility index (Phi) is 4.15. The van der Waals surface area contributed by atoms with Crippen LogP contribution in [0.5, 0.6) is 0 Å². The van der Waals surface area contributed by atoms with E-state index in [1.165, 1.54) is 12.8 Å². The summed E-state index contributed by atoms with van der Waals surface area (Å²) in [6.07, 6.45) is 4.18. The Labute approximate surface area is 110 Å². The van der Waals surface area contributed by atoms with Crippen molar-refractivity contribution in [2.24, 2.45) is 22.5 Å². The minimum atomic E-state index is 0. The van der Waals surface area contributed by atoms with E-state index in [1.54, 1.807) is 0 Å². The molecule has 1 amide bonds. The van der Waals surface area contributed by atoms with Crippen molar-refractivity contribution >= 4 is 18.3 Å². The number of carbonyl (C=O) groups excluding carboxylic acids is 1. The lowest BCUT2D eigenvalue weighted by molar-refractivity contribution is -0.122. The van der Waals surface area contributed by atoms with Crippen molar-refractivity contribution in [1.29, 1.82) is 0 Å². The minimum Gasteiger partial charge on any atom is -0.353 e. The lowest BCUT2D eigenvalue weighted by atomic mass is 9.69. The topological polar surface area (TPSA) is 55.1 Å². The second-order valence-electron chi connectivity index (χ2n) is 6.27. The van der Waals surface area contributed by atoms with Crippen LogP contribution in [-0.2, 0) is 4.79 Å². The Hall–Kier alpha value is -0.280. The van der Waals surface area contributed by atoms with Crippen LogP contribution in [0.25, 0.3) is 0 Å². The number of carbonyl (C=O) groups is 1. The molecule has 100 valence electrons. The van der Waals surface area contributed by atoms with Gasteiger partial charge in [0.15, 0.2) is 0 Å². The highest BCUT2D eigenvalue weighted by atomic mass is 35.5. The lowest BCUT2D eigenvalue weighted by Gasteiger charge is -2.39. The van der Waals surface area contributed by atoms with Gasteiger partial charge in [0.1, 0.15) is 0 Å². The average molecular weight is 261 g/mol. The molecule has 0 heterocycles. The number of nitrogens with one attached hydrogen (secondary N) is 1. The number of nitrogens with two attached hydrogens (primary N) is 1. The number of hydrogen-bond donors (Lipinski definition) is 2. The molecule has 0 radical (unpaired) electrons. The van der Waals surface area contributed by atoms with E-state index in [1.807, 2.05) is 0 Å². The first-order chi connectivity index (χ1) is 7.41. The summed E-state index contributed by atoms with van der Waals surface area (Å²) in [4.78, 5) is 11.6. The Balaban J connectivity index is 0.00000144. The molecule has 2 aliphatic rings. The Bertz CT molecular complexity index is 306. The van der Waals surface area contributed by atoms with Gasteiger partial charge in [0.2, 0.25) is 5.91 Å². The number of rotatable bonds is 3. The first kappa shape index (κ1) is 14.8. The number of amides is 1. The lowest BCUT2D eigenvalue weighted by Crippen LogP contribution is -2.47. The van der Waals surface area contributed by atoms with Gasteiger partial charge in [-0.1, -0.05) is 20.8 Å². The molecule has 2 saturated carbocycles. The van der Waals surface area contributed by atoms with Gasteiger partial charge in [-0.2, -0.15) is 0 Å². The van der Waals surface area contributed by atoms with Gasteiger partial charge in [-0.25, -0.2) is 0 Å². The van der Waals surface area contributed by atoms with Crippen molar-refractivity contribution in [3.8, 4) is 0 Å². The summed E-state index contributed by atoms with van der Waals surface area (Å²) >= 11 is 0. The third-order valence-corrected chi connectivity index (χ3v) is 5.50. The molecule has 0 aromatic carbocycles. The molecule has 0 saturated heterocycles. The zero-order chi connectivity index (χ0) is 12.0. The van der Waals surface area contributed by atoms with E-state index < -0.39 is 0 Å². The Morgan fingerprint density at radius 3 is 2.47 bits per heavy atom. The highest BCUT2D eigenvalue weighted by molar-refractivity contribution is 5.85. The summed E-state index contributed by atoms with van der Waals surface area (Å²) in [6, 6.07) is 0.361. The molecule has 4 heteroatoms. The standard InChI is InChI=1S/C13H24N2O.ClH/c1-12(2)9-4-6-13(12,3)10(8-9)15-11(16)5-7-14;/h9-10H,4-8,14H2,1-3H3,(H,15,16);1H. The first-order valence-corrected chi connectivity index (χ1v) is 6.41. The number of hydrogen-bond acceptors (Lipinski definition) is 2. The molecule has 2 aliphatic carbocycles. The van der Waals surface area contributed by atoms with Crippen molar-refractivity contribution in [2.75, 3.05) is 6.54 Å². The molecular formula is C13H25ClN2O. The fraction of sp³-hybridized carbons (Fsp3) is 0.923. The van der Waals surface area contributed by atoms with E-state index in [4.69, 9.17) is 5.73 Å². The predicted octanol–water partition coefficient (Wildman–Crippen LogP) is 2.09. The van der Waals surface area contributed by atoms with E-state index in [0.717, 1.165) is 12.3 Å². The molecule has 0 spiro atoms. The minimum absolute atomic E-state index is 0. The maximum atomic E-state index is 11.6. The van der Waals surface area contributed by atoms with Crippen molar-refractivity contribution in [2.45, 2.75) is 52.5 Å². The van der Waals surface area contributed by atoms with Crippen LogP contribution in [0.15, 0.2) is 0 Å². The summed E-state index contributed by atoms with van der Waals surface area (Å²) in [7, 11) is 0. The average Bonchev–Trinajstić information content (AvgIpc) is 2.51. The highest BCUT2D eigenvalue weighted by Gasteiger charge is 2.61. The highest BCUT2D eigenvalue weighted by Crippen LogP contribution is 2.65. The normalized spacial score (nSPS) is 37.6. The van der Waals surface area contributed by atoms with Crippen LogP contribution in [0, 0.1) is 16.7 Å². The quantitative estimate of drug-likeness (QED) is 0.817. The van der Waals surface area contributed by atoms with Crippen LogP contribution in [0.3, 0.4) is 0 Å². The van der Waals surface area contributed by atoms with E-state index in [-0.39, 0.29) is 23.7 Å². The van der Waals surface area contributed by atoms with Gasteiger partial charge >= 0.3 is 0 Å². The van der Waals surface area contributed by atoms with Crippen LogP contribution < -0.4 is 11.1 Å². The van der Waals surface area contributed by atoms with E-state index in [9.17, 15) is 4.79 Å². The van der Waals surface area contributed by atoms with Crippen molar-refractivity contribution in [1.82, 2.24) is 5.32 Å². The van der Waals surface area contributed by atoms with Crippen LogP contribution in [0.1, 0.15) is 46.5 Å². The second kappa shape index (κ2) is 4.77. The van der Waals surface area contributed by atoms with E-state index in [0.29, 0.717) is 24.4 Å².